The van der Waals surface area contributed by atoms with Crippen molar-refractivity contribution in [2.75, 3.05) is 0 Å². The van der Waals surface area contributed by atoms with Gasteiger partial charge in [0.1, 0.15) is 5.75 Å². The molecule has 1 atom stereocenters. The SMILES string of the molecule is CCCC(C)(C)C1Cc2cc(O)c(Cl)cc2C=N1. The molecule has 1 unspecified atom stereocenters. The highest BCUT2D eigenvalue weighted by molar-refractivity contribution is 6.32. The molecule has 1 aliphatic heterocycles. The van der Waals surface area contributed by atoms with Crippen LogP contribution in [-0.2, 0) is 6.42 Å². The Hall–Kier alpha value is -1.02. The molecule has 1 heterocycles. The zero-order chi connectivity index (χ0) is 13.3. The fourth-order valence-electron chi connectivity index (χ4n) is 2.64. The van der Waals surface area contributed by atoms with Gasteiger partial charge in [-0.05, 0) is 41.5 Å². The van der Waals surface area contributed by atoms with E-state index in [2.05, 4.69) is 25.8 Å². The molecule has 1 aliphatic rings. The summed E-state index contributed by atoms with van der Waals surface area (Å²) in [6.45, 7) is 6.73. The normalized spacial score (nSPS) is 18.8. The number of benzene rings is 1. The Bertz CT molecular complexity index is 480. The van der Waals surface area contributed by atoms with Gasteiger partial charge in [-0.2, -0.15) is 0 Å². The highest BCUT2D eigenvalue weighted by Gasteiger charge is 2.30. The number of nitrogens with zero attached hydrogens (tertiary/aromatic N) is 1. The number of rotatable bonds is 3. The van der Waals surface area contributed by atoms with Crippen LogP contribution >= 0.6 is 11.6 Å². The van der Waals surface area contributed by atoms with Gasteiger partial charge in [0.05, 0.1) is 11.1 Å². The van der Waals surface area contributed by atoms with E-state index in [1.807, 2.05) is 6.21 Å². The van der Waals surface area contributed by atoms with E-state index in [1.54, 1.807) is 12.1 Å². The van der Waals surface area contributed by atoms with Crippen LogP contribution in [0.4, 0.5) is 0 Å². The van der Waals surface area contributed by atoms with Crippen molar-refractivity contribution in [3.8, 4) is 5.75 Å². The molecule has 0 bridgehead atoms. The van der Waals surface area contributed by atoms with E-state index in [0.29, 0.717) is 5.02 Å². The van der Waals surface area contributed by atoms with E-state index in [-0.39, 0.29) is 17.2 Å². The third-order valence-electron chi connectivity index (χ3n) is 3.81. The van der Waals surface area contributed by atoms with Gasteiger partial charge in [-0.15, -0.1) is 0 Å². The smallest absolute Gasteiger partial charge is 0.134 e. The maximum absolute atomic E-state index is 9.69. The second-order valence-electron chi connectivity index (χ2n) is 5.74. The Labute approximate surface area is 114 Å². The first-order valence-corrected chi connectivity index (χ1v) is 6.86. The van der Waals surface area contributed by atoms with Crippen molar-refractivity contribution in [3.05, 3.63) is 28.3 Å². The number of hydrogen-bond acceptors (Lipinski definition) is 2. The van der Waals surface area contributed by atoms with Crippen LogP contribution in [0.15, 0.2) is 17.1 Å². The first kappa shape index (κ1) is 13.4. The van der Waals surface area contributed by atoms with E-state index >= 15 is 0 Å². The molecule has 0 fully saturated rings. The molecule has 2 rings (SSSR count). The van der Waals surface area contributed by atoms with Crippen LogP contribution in [0.3, 0.4) is 0 Å². The van der Waals surface area contributed by atoms with Crippen molar-refractivity contribution in [2.24, 2.45) is 10.4 Å². The summed E-state index contributed by atoms with van der Waals surface area (Å²) in [5, 5.41) is 10.1. The van der Waals surface area contributed by atoms with E-state index in [1.165, 1.54) is 0 Å². The first-order valence-electron chi connectivity index (χ1n) is 6.48. The van der Waals surface area contributed by atoms with E-state index in [9.17, 15) is 5.11 Å². The van der Waals surface area contributed by atoms with Crippen LogP contribution in [0.5, 0.6) is 5.75 Å². The van der Waals surface area contributed by atoms with E-state index in [4.69, 9.17) is 11.6 Å². The summed E-state index contributed by atoms with van der Waals surface area (Å²) in [5.74, 6) is 0.165. The first-order chi connectivity index (χ1) is 8.44. The lowest BCUT2D eigenvalue weighted by molar-refractivity contribution is 0.259. The Morgan fingerprint density at radius 2 is 2.17 bits per heavy atom. The van der Waals surface area contributed by atoms with Crippen LogP contribution in [0, 0.1) is 5.41 Å². The number of aromatic hydroxyl groups is 1. The number of halogens is 1. The standard InChI is InChI=1S/C15H20ClNO/c1-4-5-15(2,3)14-8-10-7-13(18)12(16)6-11(10)9-17-14/h6-7,9,14,18H,4-5,8H2,1-3H3. The molecule has 0 spiro atoms. The molecule has 3 heteroatoms. The molecule has 0 aliphatic carbocycles. The average Bonchev–Trinajstić information content (AvgIpc) is 2.30. The largest absolute Gasteiger partial charge is 0.506 e. The lowest BCUT2D eigenvalue weighted by Crippen LogP contribution is -2.32. The fourth-order valence-corrected chi connectivity index (χ4v) is 2.81. The maximum atomic E-state index is 9.69. The van der Waals surface area contributed by atoms with Gasteiger partial charge in [0, 0.05) is 6.21 Å². The molecule has 18 heavy (non-hydrogen) atoms. The monoisotopic (exact) mass is 265 g/mol. The minimum atomic E-state index is 0.165. The lowest BCUT2D eigenvalue weighted by atomic mass is 9.76. The zero-order valence-electron chi connectivity index (χ0n) is 11.2. The molecule has 0 saturated heterocycles. The maximum Gasteiger partial charge on any atom is 0.134 e. The number of hydrogen-bond donors (Lipinski definition) is 1. The Kier molecular flexibility index (Phi) is 3.67. The van der Waals surface area contributed by atoms with Gasteiger partial charge >= 0.3 is 0 Å². The third kappa shape index (κ3) is 2.54. The summed E-state index contributed by atoms with van der Waals surface area (Å²) in [7, 11) is 0. The molecule has 1 aromatic rings. The molecular weight excluding hydrogens is 246 g/mol. The van der Waals surface area contributed by atoms with Gasteiger partial charge in [-0.3, -0.25) is 4.99 Å². The number of fused-ring (bicyclic) bond motifs is 1. The number of aliphatic imine (C=N–C) groups is 1. The van der Waals surface area contributed by atoms with E-state index in [0.717, 1.165) is 30.4 Å². The summed E-state index contributed by atoms with van der Waals surface area (Å²) in [5.41, 5.74) is 2.36. The van der Waals surface area contributed by atoms with Crippen LogP contribution in [0.25, 0.3) is 0 Å². The summed E-state index contributed by atoms with van der Waals surface area (Å²) in [6, 6.07) is 3.85. The molecule has 0 radical (unpaired) electrons. The van der Waals surface area contributed by atoms with Gasteiger partial charge in [0.25, 0.3) is 0 Å². The summed E-state index contributed by atoms with van der Waals surface area (Å²) < 4.78 is 0. The zero-order valence-corrected chi connectivity index (χ0v) is 12.0. The summed E-state index contributed by atoms with van der Waals surface area (Å²) in [4.78, 5) is 4.67. The van der Waals surface area contributed by atoms with Gasteiger partial charge in [-0.1, -0.05) is 38.8 Å². The van der Waals surface area contributed by atoms with Crippen molar-refractivity contribution >= 4 is 17.8 Å². The van der Waals surface area contributed by atoms with Crippen molar-refractivity contribution in [2.45, 2.75) is 46.1 Å². The van der Waals surface area contributed by atoms with Crippen LogP contribution < -0.4 is 0 Å². The van der Waals surface area contributed by atoms with Crippen molar-refractivity contribution in [3.63, 3.8) is 0 Å². The lowest BCUT2D eigenvalue weighted by Gasteiger charge is -2.33. The van der Waals surface area contributed by atoms with Crippen LogP contribution in [0.1, 0.15) is 44.7 Å². The second kappa shape index (κ2) is 4.93. The fraction of sp³-hybridized carbons (Fsp3) is 0.533. The van der Waals surface area contributed by atoms with Gasteiger partial charge in [0.15, 0.2) is 0 Å². The third-order valence-corrected chi connectivity index (χ3v) is 4.11. The predicted molar refractivity (Wildman–Crippen MR) is 76.9 cm³/mol. The predicted octanol–water partition coefficient (Wildman–Crippen LogP) is 4.22. The minimum absolute atomic E-state index is 0.165. The van der Waals surface area contributed by atoms with E-state index < -0.39 is 0 Å². The van der Waals surface area contributed by atoms with Crippen molar-refractivity contribution < 1.29 is 5.11 Å². The highest BCUT2D eigenvalue weighted by Crippen LogP contribution is 2.36. The Balaban J connectivity index is 2.28. The van der Waals surface area contributed by atoms with Crippen molar-refractivity contribution in [1.82, 2.24) is 0 Å². The van der Waals surface area contributed by atoms with Gasteiger partial charge in [-0.25, -0.2) is 0 Å². The number of phenols is 1. The number of phenolic OH excluding ortho intramolecular Hbond substituents is 1. The molecule has 0 amide bonds. The molecule has 1 N–H and O–H groups in total. The molecule has 0 aromatic heterocycles. The average molecular weight is 266 g/mol. The molecule has 2 nitrogen and oxygen atoms in total. The quantitative estimate of drug-likeness (QED) is 0.872. The molecule has 0 saturated carbocycles. The van der Waals surface area contributed by atoms with Gasteiger partial charge < -0.3 is 5.11 Å². The minimum Gasteiger partial charge on any atom is -0.506 e. The molecule has 98 valence electrons. The van der Waals surface area contributed by atoms with Gasteiger partial charge in [0.2, 0.25) is 0 Å². The molecule has 1 aromatic carbocycles. The Morgan fingerprint density at radius 1 is 1.44 bits per heavy atom. The second-order valence-corrected chi connectivity index (χ2v) is 6.15. The highest BCUT2D eigenvalue weighted by atomic mass is 35.5. The van der Waals surface area contributed by atoms with Crippen LogP contribution in [-0.4, -0.2) is 17.4 Å². The summed E-state index contributed by atoms with van der Waals surface area (Å²) in [6.07, 6.45) is 5.09. The summed E-state index contributed by atoms with van der Waals surface area (Å²) >= 11 is 5.91. The molecular formula is C15H20ClNO. The topological polar surface area (TPSA) is 32.6 Å². The Morgan fingerprint density at radius 3 is 2.83 bits per heavy atom. The van der Waals surface area contributed by atoms with Crippen molar-refractivity contribution in [1.29, 1.82) is 0 Å². The van der Waals surface area contributed by atoms with Crippen LogP contribution in [0.2, 0.25) is 5.02 Å².